The number of fused-ring (bicyclic) bond motifs is 1. The van der Waals surface area contributed by atoms with Gasteiger partial charge in [-0.25, -0.2) is 0 Å². The van der Waals surface area contributed by atoms with Gasteiger partial charge in [0.1, 0.15) is 0 Å². The minimum absolute atomic E-state index is 0.0824. The third kappa shape index (κ3) is 4.48. The number of hydrogen-bond acceptors (Lipinski definition) is 5. The second kappa shape index (κ2) is 9.93. The molecule has 1 aliphatic rings. The molecule has 7 nitrogen and oxygen atoms in total. The predicted molar refractivity (Wildman–Crippen MR) is 144 cm³/mol. The number of nitrogens with zero attached hydrogens (tertiary/aromatic N) is 3. The SMILES string of the molecule is CC(C)N1C[C@H](C(c2ccccc2)c2ccccc2Cc2ccccc2)n2c(N)nc(=O)c(O)c2C1=O. The number of nitrogen functional groups attached to an aromatic ring is 1. The Kier molecular flexibility index (Phi) is 6.53. The minimum Gasteiger partial charge on any atom is -0.501 e. The molecule has 0 saturated heterocycles. The van der Waals surface area contributed by atoms with E-state index in [9.17, 15) is 14.7 Å². The number of nitrogens with two attached hydrogens (primary N) is 1. The first-order valence-electron chi connectivity index (χ1n) is 12.5. The lowest BCUT2D eigenvalue weighted by molar-refractivity contribution is 0.0588. The zero-order chi connectivity index (χ0) is 26.1. The molecule has 0 radical (unpaired) electrons. The number of hydrogen-bond donors (Lipinski definition) is 2. The predicted octanol–water partition coefficient (Wildman–Crippen LogP) is 4.36. The van der Waals surface area contributed by atoms with Gasteiger partial charge in [0, 0.05) is 18.5 Å². The van der Waals surface area contributed by atoms with Gasteiger partial charge in [0.15, 0.2) is 5.69 Å². The molecule has 0 spiro atoms. The minimum atomic E-state index is -0.901. The van der Waals surface area contributed by atoms with Crippen molar-refractivity contribution in [3.05, 3.63) is 123 Å². The molecule has 37 heavy (non-hydrogen) atoms. The van der Waals surface area contributed by atoms with E-state index >= 15 is 0 Å². The van der Waals surface area contributed by atoms with E-state index < -0.39 is 23.3 Å². The summed E-state index contributed by atoms with van der Waals surface area (Å²) in [5.41, 5.74) is 9.76. The Morgan fingerprint density at radius 2 is 1.57 bits per heavy atom. The summed E-state index contributed by atoms with van der Waals surface area (Å²) in [6.45, 7) is 4.19. The summed E-state index contributed by atoms with van der Waals surface area (Å²) in [6, 6.07) is 28.1. The molecule has 0 saturated carbocycles. The first-order valence-corrected chi connectivity index (χ1v) is 12.5. The zero-order valence-electron chi connectivity index (χ0n) is 20.9. The van der Waals surface area contributed by atoms with E-state index in [1.54, 1.807) is 9.47 Å². The van der Waals surface area contributed by atoms with Crippen LogP contribution in [-0.4, -0.2) is 38.1 Å². The highest BCUT2D eigenvalue weighted by Gasteiger charge is 2.41. The summed E-state index contributed by atoms with van der Waals surface area (Å²) in [7, 11) is 0. The molecular formula is C30H30N4O3. The normalized spacial score (nSPS) is 16.0. The number of aromatic hydroxyl groups is 1. The second-order valence-corrected chi connectivity index (χ2v) is 9.71. The van der Waals surface area contributed by atoms with Crippen LogP contribution in [0.2, 0.25) is 0 Å². The molecule has 0 aliphatic carbocycles. The highest BCUT2D eigenvalue weighted by atomic mass is 16.3. The van der Waals surface area contributed by atoms with E-state index in [2.05, 4.69) is 41.4 Å². The smallest absolute Gasteiger partial charge is 0.317 e. The lowest BCUT2D eigenvalue weighted by atomic mass is 9.80. The van der Waals surface area contributed by atoms with Gasteiger partial charge in [-0.05, 0) is 42.5 Å². The maximum absolute atomic E-state index is 13.5. The van der Waals surface area contributed by atoms with Crippen molar-refractivity contribution in [3.8, 4) is 5.75 Å². The molecule has 0 bridgehead atoms. The van der Waals surface area contributed by atoms with Crippen molar-refractivity contribution in [2.24, 2.45) is 0 Å². The Balaban J connectivity index is 1.75. The van der Waals surface area contributed by atoms with Crippen LogP contribution in [0.25, 0.3) is 0 Å². The number of aromatic nitrogens is 2. The van der Waals surface area contributed by atoms with Gasteiger partial charge in [0.2, 0.25) is 11.7 Å². The highest BCUT2D eigenvalue weighted by molar-refractivity contribution is 5.96. The molecule has 0 fully saturated rings. The number of rotatable bonds is 6. The van der Waals surface area contributed by atoms with Crippen molar-refractivity contribution < 1.29 is 9.90 Å². The van der Waals surface area contributed by atoms with Crippen molar-refractivity contribution >= 4 is 11.9 Å². The van der Waals surface area contributed by atoms with Crippen molar-refractivity contribution in [2.75, 3.05) is 12.3 Å². The summed E-state index contributed by atoms with van der Waals surface area (Å²) < 4.78 is 1.56. The van der Waals surface area contributed by atoms with E-state index in [1.165, 1.54) is 5.56 Å². The van der Waals surface area contributed by atoms with Crippen molar-refractivity contribution in [1.29, 1.82) is 0 Å². The third-order valence-corrected chi connectivity index (χ3v) is 7.10. The lowest BCUT2D eigenvalue weighted by Gasteiger charge is -2.42. The Hall–Kier alpha value is -4.39. The van der Waals surface area contributed by atoms with Gasteiger partial charge in [-0.15, -0.1) is 0 Å². The van der Waals surface area contributed by atoms with Gasteiger partial charge < -0.3 is 15.7 Å². The quantitative estimate of drug-likeness (QED) is 0.415. The van der Waals surface area contributed by atoms with E-state index in [-0.39, 0.29) is 23.6 Å². The molecule has 3 aromatic carbocycles. The summed E-state index contributed by atoms with van der Waals surface area (Å²) >= 11 is 0. The fourth-order valence-corrected chi connectivity index (χ4v) is 5.37. The van der Waals surface area contributed by atoms with Crippen LogP contribution in [0, 0.1) is 0 Å². The van der Waals surface area contributed by atoms with Crippen LogP contribution >= 0.6 is 0 Å². The third-order valence-electron chi connectivity index (χ3n) is 7.10. The zero-order valence-corrected chi connectivity index (χ0v) is 20.9. The van der Waals surface area contributed by atoms with Gasteiger partial charge in [-0.2, -0.15) is 4.98 Å². The Morgan fingerprint density at radius 1 is 0.946 bits per heavy atom. The molecule has 2 atom stereocenters. The maximum atomic E-state index is 13.5. The average Bonchev–Trinajstić information content (AvgIpc) is 2.90. The van der Waals surface area contributed by atoms with E-state index in [0.29, 0.717) is 6.54 Å². The van der Waals surface area contributed by atoms with Crippen LogP contribution in [0.3, 0.4) is 0 Å². The summed E-state index contributed by atoms with van der Waals surface area (Å²) in [5.74, 6) is -1.42. The number of benzene rings is 3. The number of amides is 1. The van der Waals surface area contributed by atoms with Gasteiger partial charge in [-0.3, -0.25) is 14.2 Å². The van der Waals surface area contributed by atoms with E-state index in [0.717, 1.165) is 23.1 Å². The largest absolute Gasteiger partial charge is 0.501 e. The molecular weight excluding hydrogens is 464 g/mol. The molecule has 5 rings (SSSR count). The van der Waals surface area contributed by atoms with Gasteiger partial charge in [0.25, 0.3) is 5.91 Å². The van der Waals surface area contributed by atoms with Crippen LogP contribution in [-0.2, 0) is 6.42 Å². The average molecular weight is 495 g/mol. The standard InChI is InChI=1S/C30H30N4O3/c1-19(2)33-18-24(34-26(29(33)37)27(35)28(36)32-30(34)31)25(21-13-7-4-8-14-21)23-16-10-9-15-22(23)17-20-11-5-3-6-12-20/h3-16,19,24-25,35H,17-18H2,1-2H3,(H2,31,32,36)/t24-,25?/m1/s1. The molecule has 1 aromatic heterocycles. The molecule has 1 unspecified atom stereocenters. The summed E-state index contributed by atoms with van der Waals surface area (Å²) in [5, 5.41) is 10.7. The summed E-state index contributed by atoms with van der Waals surface area (Å²) in [6.07, 6.45) is 0.732. The fourth-order valence-electron chi connectivity index (χ4n) is 5.37. The highest BCUT2D eigenvalue weighted by Crippen LogP contribution is 2.42. The Labute approximate surface area is 215 Å². The molecule has 2 heterocycles. The Morgan fingerprint density at radius 3 is 2.24 bits per heavy atom. The summed E-state index contributed by atoms with van der Waals surface area (Å²) in [4.78, 5) is 31.4. The van der Waals surface area contributed by atoms with Gasteiger partial charge in [0.05, 0.1) is 6.04 Å². The van der Waals surface area contributed by atoms with Crippen LogP contribution < -0.4 is 11.3 Å². The molecule has 3 N–H and O–H groups in total. The molecule has 4 aromatic rings. The fraction of sp³-hybridized carbons (Fsp3) is 0.233. The van der Waals surface area contributed by atoms with Crippen LogP contribution in [0.5, 0.6) is 5.75 Å². The number of carbonyl (C=O) groups excluding carboxylic acids is 1. The molecule has 188 valence electrons. The molecule has 1 amide bonds. The topological polar surface area (TPSA) is 101 Å². The van der Waals surface area contributed by atoms with E-state index in [4.69, 9.17) is 5.73 Å². The lowest BCUT2D eigenvalue weighted by Crippen LogP contribution is -2.49. The van der Waals surface area contributed by atoms with Crippen molar-refractivity contribution in [2.45, 2.75) is 38.3 Å². The van der Waals surface area contributed by atoms with E-state index in [1.807, 2.05) is 62.4 Å². The first-order chi connectivity index (χ1) is 17.9. The van der Waals surface area contributed by atoms with Crippen molar-refractivity contribution in [3.63, 3.8) is 0 Å². The van der Waals surface area contributed by atoms with Crippen LogP contribution in [0.1, 0.15) is 58.5 Å². The Bertz CT molecular complexity index is 1480. The first kappa shape index (κ1) is 24.3. The molecule has 7 heteroatoms. The van der Waals surface area contributed by atoms with Crippen LogP contribution in [0.15, 0.2) is 89.7 Å². The van der Waals surface area contributed by atoms with Gasteiger partial charge in [-0.1, -0.05) is 84.9 Å². The maximum Gasteiger partial charge on any atom is 0.317 e. The van der Waals surface area contributed by atoms with Gasteiger partial charge >= 0.3 is 5.56 Å². The number of carbonyl (C=O) groups is 1. The monoisotopic (exact) mass is 494 g/mol. The number of anilines is 1. The van der Waals surface area contributed by atoms with Crippen LogP contribution in [0.4, 0.5) is 5.95 Å². The van der Waals surface area contributed by atoms with Crippen molar-refractivity contribution in [1.82, 2.24) is 14.5 Å². The second-order valence-electron chi connectivity index (χ2n) is 9.71. The molecule has 1 aliphatic heterocycles.